The van der Waals surface area contributed by atoms with Crippen LogP contribution in [0.1, 0.15) is 24.5 Å². The molecule has 4 heteroatoms. The highest BCUT2D eigenvalue weighted by molar-refractivity contribution is 6.33. The smallest absolute Gasteiger partial charge is 0.163 e. The van der Waals surface area contributed by atoms with Crippen LogP contribution in [0, 0.1) is 0 Å². The minimum absolute atomic E-state index is 0.511. The topological polar surface area (TPSA) is 51.8 Å². The summed E-state index contributed by atoms with van der Waals surface area (Å²) in [6, 6.07) is 9.41. The first kappa shape index (κ1) is 10.5. The van der Waals surface area contributed by atoms with E-state index < -0.39 is 0 Å². The van der Waals surface area contributed by atoms with Gasteiger partial charge in [0.1, 0.15) is 5.82 Å². The van der Waals surface area contributed by atoms with E-state index in [1.165, 1.54) is 12.8 Å². The molecule has 1 aromatic heterocycles. The Morgan fingerprint density at radius 2 is 1.94 bits per heavy atom. The number of nitrogens with two attached hydrogens (primary N) is 1. The lowest BCUT2D eigenvalue weighted by molar-refractivity contribution is 0.998. The van der Waals surface area contributed by atoms with Gasteiger partial charge in [-0.2, -0.15) is 0 Å². The van der Waals surface area contributed by atoms with Crippen molar-refractivity contribution in [3.63, 3.8) is 0 Å². The van der Waals surface area contributed by atoms with Crippen molar-refractivity contribution < 1.29 is 0 Å². The Kier molecular flexibility index (Phi) is 2.48. The first-order valence-electron chi connectivity index (χ1n) is 5.63. The molecule has 2 aromatic rings. The molecule has 1 aliphatic carbocycles. The predicted molar refractivity (Wildman–Crippen MR) is 68.9 cm³/mol. The van der Waals surface area contributed by atoms with Crippen LogP contribution in [0.2, 0.25) is 5.02 Å². The second-order valence-electron chi connectivity index (χ2n) is 4.30. The van der Waals surface area contributed by atoms with Crippen LogP contribution in [0.3, 0.4) is 0 Å². The molecule has 0 spiro atoms. The second-order valence-corrected chi connectivity index (χ2v) is 4.70. The number of hydrogen-bond acceptors (Lipinski definition) is 3. The van der Waals surface area contributed by atoms with Crippen molar-refractivity contribution in [2.45, 2.75) is 18.8 Å². The van der Waals surface area contributed by atoms with E-state index in [0.717, 1.165) is 11.3 Å². The maximum Gasteiger partial charge on any atom is 0.163 e. The fourth-order valence-electron chi connectivity index (χ4n) is 1.84. The lowest BCUT2D eigenvalue weighted by atomic mass is 10.2. The minimum atomic E-state index is 0.511. The third-order valence-corrected chi connectivity index (χ3v) is 3.21. The molecular formula is C13H12ClN3. The third-order valence-electron chi connectivity index (χ3n) is 2.88. The van der Waals surface area contributed by atoms with E-state index in [2.05, 4.69) is 9.97 Å². The summed E-state index contributed by atoms with van der Waals surface area (Å²) in [7, 11) is 0. The summed E-state index contributed by atoms with van der Waals surface area (Å²) in [6.07, 6.45) is 2.39. The molecule has 17 heavy (non-hydrogen) atoms. The van der Waals surface area contributed by atoms with Crippen LogP contribution in [0.25, 0.3) is 11.4 Å². The lowest BCUT2D eigenvalue weighted by Gasteiger charge is -2.06. The first-order chi connectivity index (χ1) is 8.24. The van der Waals surface area contributed by atoms with Crippen molar-refractivity contribution in [1.29, 1.82) is 0 Å². The van der Waals surface area contributed by atoms with Gasteiger partial charge in [-0.15, -0.1) is 0 Å². The Hall–Kier alpha value is -1.61. The number of benzene rings is 1. The van der Waals surface area contributed by atoms with Crippen LogP contribution >= 0.6 is 11.6 Å². The number of aromatic nitrogens is 2. The van der Waals surface area contributed by atoms with E-state index in [4.69, 9.17) is 17.3 Å². The number of anilines is 1. The Bertz CT molecular complexity index is 564. The molecule has 2 N–H and O–H groups in total. The van der Waals surface area contributed by atoms with Crippen LogP contribution in [-0.2, 0) is 0 Å². The summed E-state index contributed by atoms with van der Waals surface area (Å²) in [5, 5.41) is 0.653. The monoisotopic (exact) mass is 245 g/mol. The SMILES string of the molecule is Nc1cc(C2CC2)nc(-c2ccccc2Cl)n1. The molecule has 0 bridgehead atoms. The number of hydrogen-bond donors (Lipinski definition) is 1. The van der Waals surface area contributed by atoms with Gasteiger partial charge in [0.05, 0.1) is 5.02 Å². The highest BCUT2D eigenvalue weighted by Gasteiger charge is 2.26. The van der Waals surface area contributed by atoms with Gasteiger partial charge in [0, 0.05) is 23.2 Å². The molecule has 1 saturated carbocycles. The average Bonchev–Trinajstić information content (AvgIpc) is 3.12. The standard InChI is InChI=1S/C13H12ClN3/c14-10-4-2-1-3-9(10)13-16-11(8-5-6-8)7-12(15)17-13/h1-4,7-8H,5-6H2,(H2,15,16,17). The van der Waals surface area contributed by atoms with Gasteiger partial charge in [-0.3, -0.25) is 0 Å². The van der Waals surface area contributed by atoms with Crippen LogP contribution in [0.15, 0.2) is 30.3 Å². The normalized spacial score (nSPS) is 14.9. The van der Waals surface area contributed by atoms with E-state index in [1.807, 2.05) is 30.3 Å². The number of rotatable bonds is 2. The third kappa shape index (κ3) is 2.11. The zero-order valence-corrected chi connectivity index (χ0v) is 9.98. The minimum Gasteiger partial charge on any atom is -0.384 e. The molecule has 0 unspecified atom stereocenters. The van der Waals surface area contributed by atoms with Crippen LogP contribution in [0.5, 0.6) is 0 Å². The van der Waals surface area contributed by atoms with Gasteiger partial charge in [0.2, 0.25) is 0 Å². The van der Waals surface area contributed by atoms with Crippen molar-refractivity contribution in [3.8, 4) is 11.4 Å². The molecule has 1 aliphatic rings. The van der Waals surface area contributed by atoms with Crippen LogP contribution in [-0.4, -0.2) is 9.97 Å². The van der Waals surface area contributed by atoms with Crippen LogP contribution < -0.4 is 5.73 Å². The molecule has 86 valence electrons. The molecule has 0 radical (unpaired) electrons. The summed E-state index contributed by atoms with van der Waals surface area (Å²) < 4.78 is 0. The summed E-state index contributed by atoms with van der Waals surface area (Å²) in [5.41, 5.74) is 7.69. The molecule has 1 aromatic carbocycles. The fraction of sp³-hybridized carbons (Fsp3) is 0.231. The number of nitrogen functional groups attached to an aromatic ring is 1. The fourth-order valence-corrected chi connectivity index (χ4v) is 2.06. The molecule has 0 amide bonds. The van der Waals surface area contributed by atoms with Crippen LogP contribution in [0.4, 0.5) is 5.82 Å². The van der Waals surface area contributed by atoms with Crippen molar-refractivity contribution in [3.05, 3.63) is 41.0 Å². The maximum absolute atomic E-state index is 6.14. The largest absolute Gasteiger partial charge is 0.384 e. The molecule has 3 rings (SSSR count). The lowest BCUT2D eigenvalue weighted by Crippen LogP contribution is -1.99. The summed E-state index contributed by atoms with van der Waals surface area (Å²) in [5.74, 6) is 1.69. The maximum atomic E-state index is 6.14. The molecule has 1 fully saturated rings. The highest BCUT2D eigenvalue weighted by Crippen LogP contribution is 2.40. The second kappa shape index (κ2) is 4.00. The Balaban J connectivity index is 2.11. The molecule has 0 aliphatic heterocycles. The van der Waals surface area contributed by atoms with Crippen molar-refractivity contribution in [2.75, 3.05) is 5.73 Å². The molecular weight excluding hydrogens is 234 g/mol. The van der Waals surface area contributed by atoms with Gasteiger partial charge >= 0.3 is 0 Å². The van der Waals surface area contributed by atoms with Gasteiger partial charge in [-0.1, -0.05) is 23.7 Å². The highest BCUT2D eigenvalue weighted by atomic mass is 35.5. The van der Waals surface area contributed by atoms with Crippen molar-refractivity contribution >= 4 is 17.4 Å². The van der Waals surface area contributed by atoms with Gasteiger partial charge in [-0.05, 0) is 25.0 Å². The van der Waals surface area contributed by atoms with Gasteiger partial charge < -0.3 is 5.73 Å². The first-order valence-corrected chi connectivity index (χ1v) is 6.01. The van der Waals surface area contributed by atoms with E-state index >= 15 is 0 Å². The number of halogens is 1. The average molecular weight is 246 g/mol. The van der Waals surface area contributed by atoms with Gasteiger partial charge in [-0.25, -0.2) is 9.97 Å². The van der Waals surface area contributed by atoms with Crippen molar-refractivity contribution in [1.82, 2.24) is 9.97 Å². The van der Waals surface area contributed by atoms with E-state index in [1.54, 1.807) is 0 Å². The number of nitrogens with zero attached hydrogens (tertiary/aromatic N) is 2. The zero-order valence-electron chi connectivity index (χ0n) is 9.23. The van der Waals surface area contributed by atoms with Crippen molar-refractivity contribution in [2.24, 2.45) is 0 Å². The Morgan fingerprint density at radius 3 is 2.65 bits per heavy atom. The predicted octanol–water partition coefficient (Wildman–Crippen LogP) is 3.26. The van der Waals surface area contributed by atoms with E-state index in [-0.39, 0.29) is 0 Å². The van der Waals surface area contributed by atoms with E-state index in [0.29, 0.717) is 22.6 Å². The molecule has 1 heterocycles. The van der Waals surface area contributed by atoms with Gasteiger partial charge in [0.15, 0.2) is 5.82 Å². The Labute approximate surface area is 105 Å². The molecule has 0 atom stereocenters. The molecule has 3 nitrogen and oxygen atoms in total. The quantitative estimate of drug-likeness (QED) is 0.884. The van der Waals surface area contributed by atoms with E-state index in [9.17, 15) is 0 Å². The molecule has 0 saturated heterocycles. The van der Waals surface area contributed by atoms with Gasteiger partial charge in [0.25, 0.3) is 0 Å². The summed E-state index contributed by atoms with van der Waals surface area (Å²) in [6.45, 7) is 0. The Morgan fingerprint density at radius 1 is 1.18 bits per heavy atom. The summed E-state index contributed by atoms with van der Waals surface area (Å²) >= 11 is 6.14. The zero-order chi connectivity index (χ0) is 11.8. The summed E-state index contributed by atoms with van der Waals surface area (Å²) in [4.78, 5) is 8.81.